The van der Waals surface area contributed by atoms with Gasteiger partial charge in [0.2, 0.25) is 0 Å². The minimum Gasteiger partial charge on any atom is -0.395 e. The van der Waals surface area contributed by atoms with Crippen LogP contribution >= 0.6 is 0 Å². The summed E-state index contributed by atoms with van der Waals surface area (Å²) < 4.78 is 4.99. The number of ether oxygens (including phenoxy) is 1. The van der Waals surface area contributed by atoms with Crippen molar-refractivity contribution in [1.29, 1.82) is 0 Å². The molecule has 3 aliphatic rings. The smallest absolute Gasteiger partial charge is 0.317 e. The predicted octanol–water partition coefficient (Wildman–Crippen LogP) is 2.56. The van der Waals surface area contributed by atoms with E-state index in [0.29, 0.717) is 12.6 Å². The zero-order chi connectivity index (χ0) is 21.6. The predicted molar refractivity (Wildman–Crippen MR) is 121 cm³/mol. The molecule has 0 aromatic heterocycles. The lowest BCUT2D eigenvalue weighted by Gasteiger charge is -2.57. The van der Waals surface area contributed by atoms with E-state index in [2.05, 4.69) is 34.2 Å². The summed E-state index contributed by atoms with van der Waals surface area (Å²) in [5.74, 6) is 6.32. The molecular weight excluding hydrogens is 390 g/mol. The molecule has 0 spiro atoms. The fourth-order valence-corrected chi connectivity index (χ4v) is 5.46. The maximum atomic E-state index is 13.0. The highest BCUT2D eigenvalue weighted by Crippen LogP contribution is 2.42. The topological polar surface area (TPSA) is 65.0 Å². The number of benzene rings is 1. The van der Waals surface area contributed by atoms with Crippen molar-refractivity contribution in [3.8, 4) is 11.8 Å². The largest absolute Gasteiger partial charge is 0.395 e. The highest BCUT2D eigenvalue weighted by molar-refractivity contribution is 5.74. The Kier molecular flexibility index (Phi) is 7.49. The summed E-state index contributed by atoms with van der Waals surface area (Å²) in [4.78, 5) is 17.4. The van der Waals surface area contributed by atoms with Crippen LogP contribution in [0.2, 0.25) is 0 Å². The Hall–Kier alpha value is -2.07. The van der Waals surface area contributed by atoms with Crippen LogP contribution in [0.25, 0.3) is 0 Å². The highest BCUT2D eigenvalue weighted by Gasteiger charge is 2.49. The Bertz CT molecular complexity index is 794. The van der Waals surface area contributed by atoms with Crippen molar-refractivity contribution in [3.63, 3.8) is 0 Å². The molecule has 3 fully saturated rings. The highest BCUT2D eigenvalue weighted by atomic mass is 16.5. The molecule has 6 nitrogen and oxygen atoms in total. The molecule has 3 atom stereocenters. The van der Waals surface area contributed by atoms with E-state index < -0.39 is 0 Å². The molecule has 2 heterocycles. The van der Waals surface area contributed by atoms with E-state index >= 15 is 0 Å². The third-order valence-electron chi connectivity index (χ3n) is 7.08. The fourth-order valence-electron chi connectivity index (χ4n) is 5.46. The number of hydrogen-bond acceptors (Lipinski definition) is 4. The Labute approximate surface area is 185 Å². The lowest BCUT2D eigenvalue weighted by molar-refractivity contribution is -0.0591. The molecule has 4 rings (SSSR count). The molecule has 0 unspecified atom stereocenters. The Morgan fingerprint density at radius 1 is 1.16 bits per heavy atom. The zero-order valence-electron chi connectivity index (χ0n) is 18.6. The molecule has 2 amide bonds. The van der Waals surface area contributed by atoms with Gasteiger partial charge in [-0.2, -0.15) is 0 Å². The summed E-state index contributed by atoms with van der Waals surface area (Å²) in [7, 11) is 1.64. The minimum atomic E-state index is 0.0868. The van der Waals surface area contributed by atoms with Gasteiger partial charge in [-0.25, -0.2) is 4.79 Å². The summed E-state index contributed by atoms with van der Waals surface area (Å²) >= 11 is 0. The van der Waals surface area contributed by atoms with Crippen LogP contribution in [0.4, 0.5) is 4.79 Å². The normalized spacial score (nSPS) is 26.8. The lowest BCUT2D eigenvalue weighted by atomic mass is 9.74. The molecule has 6 heteroatoms. The van der Waals surface area contributed by atoms with Crippen molar-refractivity contribution in [2.24, 2.45) is 0 Å². The van der Waals surface area contributed by atoms with Crippen LogP contribution in [0.15, 0.2) is 24.3 Å². The first kappa shape index (κ1) is 22.1. The number of nitrogens with one attached hydrogen (secondary N) is 1. The number of fused-ring (bicyclic) bond motifs is 1. The van der Waals surface area contributed by atoms with Crippen LogP contribution in [-0.2, 0) is 4.74 Å². The molecule has 168 valence electrons. The monoisotopic (exact) mass is 425 g/mol. The van der Waals surface area contributed by atoms with E-state index in [-0.39, 0.29) is 30.6 Å². The van der Waals surface area contributed by atoms with E-state index in [9.17, 15) is 9.90 Å². The van der Waals surface area contributed by atoms with Gasteiger partial charge in [-0.1, -0.05) is 36.8 Å². The molecule has 0 bridgehead atoms. The molecule has 2 saturated heterocycles. The average molecular weight is 426 g/mol. The van der Waals surface area contributed by atoms with E-state index in [1.165, 1.54) is 18.4 Å². The number of urea groups is 1. The molecule has 1 aliphatic carbocycles. The second-order valence-corrected chi connectivity index (χ2v) is 9.02. The number of amides is 2. The summed E-state index contributed by atoms with van der Waals surface area (Å²) in [6.45, 7) is 3.09. The van der Waals surface area contributed by atoms with Crippen LogP contribution in [0, 0.1) is 11.8 Å². The second-order valence-electron chi connectivity index (χ2n) is 9.02. The quantitative estimate of drug-likeness (QED) is 0.728. The number of nitrogens with zero attached hydrogens (tertiary/aromatic N) is 2. The van der Waals surface area contributed by atoms with Gasteiger partial charge in [-0.05, 0) is 49.9 Å². The summed E-state index contributed by atoms with van der Waals surface area (Å²) in [5.41, 5.74) is 2.18. The average Bonchev–Trinajstić information content (AvgIpc) is 3.27. The zero-order valence-corrected chi connectivity index (χ0v) is 18.6. The van der Waals surface area contributed by atoms with Crippen molar-refractivity contribution in [2.45, 2.75) is 62.6 Å². The number of aliphatic hydroxyl groups is 1. The Morgan fingerprint density at radius 2 is 1.90 bits per heavy atom. The van der Waals surface area contributed by atoms with Crippen LogP contribution in [0.3, 0.4) is 0 Å². The van der Waals surface area contributed by atoms with Crippen molar-refractivity contribution in [1.82, 2.24) is 15.1 Å². The first-order valence-electron chi connectivity index (χ1n) is 11.7. The SMILES string of the molecule is COCC#Cc1ccc([C@@H]2[C@@H](CO)N3CCCCN(C(=O)NC4CCCC4)C[C@@H]23)cc1. The number of carbonyl (C=O) groups excluding carboxylic acids is 1. The van der Waals surface area contributed by atoms with Crippen molar-refractivity contribution >= 4 is 6.03 Å². The number of carbonyl (C=O) groups is 1. The van der Waals surface area contributed by atoms with Crippen LogP contribution in [-0.4, -0.2) is 79.0 Å². The fraction of sp³-hybridized carbons (Fsp3) is 0.640. The molecule has 1 aromatic carbocycles. The molecule has 2 N–H and O–H groups in total. The van der Waals surface area contributed by atoms with Crippen LogP contribution in [0.5, 0.6) is 0 Å². The van der Waals surface area contributed by atoms with Gasteiger partial charge in [-0.3, -0.25) is 4.90 Å². The van der Waals surface area contributed by atoms with Gasteiger partial charge in [0.15, 0.2) is 0 Å². The summed E-state index contributed by atoms with van der Waals surface area (Å²) in [5, 5.41) is 13.4. The van der Waals surface area contributed by atoms with Gasteiger partial charge in [0.05, 0.1) is 6.61 Å². The third-order valence-corrected chi connectivity index (χ3v) is 7.08. The number of hydrogen-bond donors (Lipinski definition) is 2. The van der Waals surface area contributed by atoms with Gasteiger partial charge < -0.3 is 20.1 Å². The van der Waals surface area contributed by atoms with E-state index in [4.69, 9.17) is 4.74 Å². The maximum Gasteiger partial charge on any atom is 0.317 e. The summed E-state index contributed by atoms with van der Waals surface area (Å²) in [6.07, 6.45) is 6.70. The Morgan fingerprint density at radius 3 is 2.61 bits per heavy atom. The van der Waals surface area contributed by atoms with Crippen LogP contribution < -0.4 is 5.32 Å². The lowest BCUT2D eigenvalue weighted by Crippen LogP contribution is -2.68. The molecule has 2 aliphatic heterocycles. The van der Waals surface area contributed by atoms with E-state index in [0.717, 1.165) is 50.9 Å². The van der Waals surface area contributed by atoms with Gasteiger partial charge in [0.25, 0.3) is 0 Å². The number of aliphatic hydroxyl groups excluding tert-OH is 1. The molecular formula is C25H35N3O3. The van der Waals surface area contributed by atoms with Gasteiger partial charge in [0.1, 0.15) is 6.61 Å². The van der Waals surface area contributed by atoms with E-state index in [1.54, 1.807) is 7.11 Å². The molecule has 31 heavy (non-hydrogen) atoms. The first-order chi connectivity index (χ1) is 15.2. The van der Waals surface area contributed by atoms with Crippen molar-refractivity contribution < 1.29 is 14.6 Å². The molecule has 1 saturated carbocycles. The van der Waals surface area contributed by atoms with Crippen molar-refractivity contribution in [3.05, 3.63) is 35.4 Å². The third kappa shape index (κ3) is 5.06. The Balaban J connectivity index is 1.47. The molecule has 0 radical (unpaired) electrons. The number of methoxy groups -OCH3 is 1. The molecule has 1 aromatic rings. The maximum absolute atomic E-state index is 13.0. The standard InChI is InChI=1S/C25H35N3O3/c1-31-16-6-7-19-10-12-20(13-11-19)24-22-17-27(25(30)26-21-8-2-3-9-21)14-4-5-15-28(22)23(24)18-29/h10-13,21-24,29H,2-5,8-9,14-18H2,1H3,(H,26,30)/t22-,23+,24-/m0/s1. The van der Waals surface area contributed by atoms with Crippen LogP contribution in [0.1, 0.15) is 55.6 Å². The van der Waals surface area contributed by atoms with Gasteiger partial charge in [0, 0.05) is 49.8 Å². The summed E-state index contributed by atoms with van der Waals surface area (Å²) in [6, 6.07) is 9.13. The van der Waals surface area contributed by atoms with Gasteiger partial charge >= 0.3 is 6.03 Å². The van der Waals surface area contributed by atoms with E-state index in [1.807, 2.05) is 17.0 Å². The van der Waals surface area contributed by atoms with Gasteiger partial charge in [-0.15, -0.1) is 0 Å². The number of rotatable bonds is 4. The van der Waals surface area contributed by atoms with Crippen molar-refractivity contribution in [2.75, 3.05) is 40.0 Å². The second kappa shape index (κ2) is 10.5. The minimum absolute atomic E-state index is 0.0868. The first-order valence-corrected chi connectivity index (χ1v) is 11.7.